The molecule has 10 heteroatoms. The van der Waals surface area contributed by atoms with E-state index in [4.69, 9.17) is 0 Å². The van der Waals surface area contributed by atoms with Crippen molar-refractivity contribution < 1.29 is 24.9 Å². The number of carboxylic acids is 2. The average molecular weight is 437 g/mol. The monoisotopic (exact) mass is 436 g/mol. The highest BCUT2D eigenvalue weighted by atomic mass is 32.1. The van der Waals surface area contributed by atoms with Gasteiger partial charge in [-0.25, -0.2) is 0 Å². The van der Waals surface area contributed by atoms with Crippen LogP contribution < -0.4 is 0 Å². The lowest BCUT2D eigenvalue weighted by Gasteiger charge is -2.33. The summed E-state index contributed by atoms with van der Waals surface area (Å²) < 4.78 is 0. The second-order valence-corrected chi connectivity index (χ2v) is 7.47. The minimum Gasteiger partial charge on any atom is -0.480 e. The molecular formula is C20H28N4O5S. The van der Waals surface area contributed by atoms with Crippen LogP contribution in [-0.2, 0) is 16.0 Å². The molecule has 0 spiro atoms. The Kier molecular flexibility index (Phi) is 10.0. The van der Waals surface area contributed by atoms with E-state index in [0.717, 1.165) is 5.56 Å². The van der Waals surface area contributed by atoms with Gasteiger partial charge in [0.1, 0.15) is 0 Å². The first-order valence-corrected chi connectivity index (χ1v) is 10.2. The third-order valence-corrected chi connectivity index (χ3v) is 5.21. The van der Waals surface area contributed by atoms with Crippen molar-refractivity contribution in [1.29, 1.82) is 0 Å². The second kappa shape index (κ2) is 12.5. The van der Waals surface area contributed by atoms with Crippen molar-refractivity contribution in [2.45, 2.75) is 12.5 Å². The number of hydrogen-bond donors (Lipinski definition) is 3. The van der Waals surface area contributed by atoms with E-state index in [-0.39, 0.29) is 25.7 Å². The molecule has 164 valence electrons. The molecule has 0 saturated carbocycles. The Morgan fingerprint density at radius 2 is 1.67 bits per heavy atom. The SMILES string of the molecule is O=C(O)CN1CCN(CCO)CCN(CC(=O)O)C(Cc2ccc(N=C=S)cc2)C1. The van der Waals surface area contributed by atoms with Gasteiger partial charge in [-0.05, 0) is 36.3 Å². The molecule has 1 aliphatic heterocycles. The largest absolute Gasteiger partial charge is 0.480 e. The number of thiocarbonyl (C=S) groups is 1. The van der Waals surface area contributed by atoms with E-state index in [0.29, 0.717) is 51.4 Å². The summed E-state index contributed by atoms with van der Waals surface area (Å²) in [6, 6.07) is 7.30. The maximum atomic E-state index is 11.5. The first kappa shape index (κ1) is 24.1. The van der Waals surface area contributed by atoms with Gasteiger partial charge in [0.2, 0.25) is 0 Å². The number of aliphatic hydroxyl groups excluding tert-OH is 1. The maximum absolute atomic E-state index is 11.5. The van der Waals surface area contributed by atoms with Crippen molar-refractivity contribution in [3.8, 4) is 0 Å². The number of rotatable bonds is 9. The summed E-state index contributed by atoms with van der Waals surface area (Å²) >= 11 is 4.62. The number of β-amino-alcohol motifs (C(OH)–C–C–N with tert-alkyl or cyclic N) is 1. The molecule has 0 aromatic heterocycles. The second-order valence-electron chi connectivity index (χ2n) is 7.29. The van der Waals surface area contributed by atoms with E-state index >= 15 is 0 Å². The van der Waals surface area contributed by atoms with Crippen LogP contribution in [0.1, 0.15) is 5.56 Å². The smallest absolute Gasteiger partial charge is 0.317 e. The number of nitrogens with zero attached hydrogens (tertiary/aromatic N) is 4. The zero-order valence-electron chi connectivity index (χ0n) is 16.8. The molecule has 2 rings (SSSR count). The standard InChI is InChI=1S/C20H28N4O5S/c25-10-9-22-5-6-23(13-19(26)27)12-18(24(8-7-22)14-20(28)29)11-16-1-3-17(4-2-16)21-15-30/h1-4,18,25H,5-14H2,(H,26,27)(H,28,29). The Hall–Kier alpha value is -2.20. The lowest BCUT2D eigenvalue weighted by Crippen LogP contribution is -2.48. The fraction of sp³-hybridized carbons (Fsp3) is 0.550. The van der Waals surface area contributed by atoms with Gasteiger partial charge in [-0.2, -0.15) is 4.99 Å². The van der Waals surface area contributed by atoms with E-state index in [1.807, 2.05) is 39.0 Å². The third kappa shape index (κ3) is 8.27. The molecule has 1 saturated heterocycles. The van der Waals surface area contributed by atoms with Crippen molar-refractivity contribution in [1.82, 2.24) is 14.7 Å². The Balaban J connectivity index is 2.26. The molecule has 1 fully saturated rings. The highest BCUT2D eigenvalue weighted by Gasteiger charge is 2.27. The molecule has 3 N–H and O–H groups in total. The molecule has 1 atom stereocenters. The Morgan fingerprint density at radius 1 is 1.03 bits per heavy atom. The lowest BCUT2D eigenvalue weighted by atomic mass is 10.0. The Labute approximate surface area is 181 Å². The minimum absolute atomic E-state index is 0.00214. The molecule has 0 radical (unpaired) electrons. The van der Waals surface area contributed by atoms with Gasteiger partial charge in [0.05, 0.1) is 30.5 Å². The van der Waals surface area contributed by atoms with E-state index in [1.54, 1.807) is 0 Å². The quantitative estimate of drug-likeness (QED) is 0.374. The minimum atomic E-state index is -0.927. The predicted molar refractivity (Wildman–Crippen MR) is 115 cm³/mol. The van der Waals surface area contributed by atoms with Crippen LogP contribution in [0, 0.1) is 0 Å². The molecule has 1 unspecified atom stereocenters. The van der Waals surface area contributed by atoms with Gasteiger partial charge in [-0.3, -0.25) is 24.3 Å². The van der Waals surface area contributed by atoms with Crippen LogP contribution in [0.4, 0.5) is 5.69 Å². The number of aliphatic imine (C=N–C) groups is 1. The molecule has 1 aromatic carbocycles. The summed E-state index contributed by atoms with van der Waals surface area (Å²) in [5.74, 6) is -1.85. The topological polar surface area (TPSA) is 117 Å². The fourth-order valence-electron chi connectivity index (χ4n) is 3.66. The molecule has 0 amide bonds. The molecule has 1 aliphatic rings. The van der Waals surface area contributed by atoms with Crippen LogP contribution >= 0.6 is 12.2 Å². The first-order chi connectivity index (χ1) is 14.4. The number of carbonyl (C=O) groups is 2. The van der Waals surface area contributed by atoms with Gasteiger partial charge in [0.25, 0.3) is 0 Å². The number of aliphatic carboxylic acids is 2. The highest BCUT2D eigenvalue weighted by Crippen LogP contribution is 2.17. The number of benzene rings is 1. The van der Waals surface area contributed by atoms with E-state index in [9.17, 15) is 24.9 Å². The van der Waals surface area contributed by atoms with Crippen LogP contribution in [0.15, 0.2) is 29.3 Å². The van der Waals surface area contributed by atoms with Crippen molar-refractivity contribution >= 4 is 35.0 Å². The van der Waals surface area contributed by atoms with Crippen LogP contribution in [0.5, 0.6) is 0 Å². The summed E-state index contributed by atoms with van der Waals surface area (Å²) in [5, 5.41) is 30.4. The van der Waals surface area contributed by atoms with Crippen LogP contribution in [-0.4, -0.2) is 112 Å². The van der Waals surface area contributed by atoms with Crippen molar-refractivity contribution in [2.75, 3.05) is 59.0 Å². The van der Waals surface area contributed by atoms with Gasteiger partial charge in [-0.1, -0.05) is 12.1 Å². The lowest BCUT2D eigenvalue weighted by molar-refractivity contribution is -0.140. The van der Waals surface area contributed by atoms with Crippen LogP contribution in [0.25, 0.3) is 0 Å². The molecular weight excluding hydrogens is 408 g/mol. The van der Waals surface area contributed by atoms with E-state index in [1.165, 1.54) is 0 Å². The number of carboxylic acid groups (broad SMARTS) is 2. The van der Waals surface area contributed by atoms with Crippen molar-refractivity contribution in [3.63, 3.8) is 0 Å². The molecule has 1 heterocycles. The summed E-state index contributed by atoms with van der Waals surface area (Å²) in [6.07, 6.45) is 0.574. The summed E-state index contributed by atoms with van der Waals surface area (Å²) in [5.41, 5.74) is 1.69. The molecule has 30 heavy (non-hydrogen) atoms. The van der Waals surface area contributed by atoms with Gasteiger partial charge < -0.3 is 15.3 Å². The highest BCUT2D eigenvalue weighted by molar-refractivity contribution is 7.78. The van der Waals surface area contributed by atoms with Crippen LogP contribution in [0.2, 0.25) is 0 Å². The zero-order chi connectivity index (χ0) is 21.9. The Morgan fingerprint density at radius 3 is 2.27 bits per heavy atom. The third-order valence-electron chi connectivity index (χ3n) is 5.12. The Bertz CT molecular complexity index is 754. The first-order valence-electron chi connectivity index (χ1n) is 9.81. The molecule has 0 aliphatic carbocycles. The van der Waals surface area contributed by atoms with Gasteiger partial charge in [0.15, 0.2) is 0 Å². The predicted octanol–water partition coefficient (Wildman–Crippen LogP) is 0.413. The van der Waals surface area contributed by atoms with Crippen molar-refractivity contribution in [2.24, 2.45) is 4.99 Å². The average Bonchev–Trinajstić information content (AvgIpc) is 2.75. The summed E-state index contributed by atoms with van der Waals surface area (Å²) in [7, 11) is 0. The van der Waals surface area contributed by atoms with Gasteiger partial charge in [-0.15, -0.1) is 0 Å². The molecule has 1 aromatic rings. The number of hydrogen-bond acceptors (Lipinski definition) is 8. The van der Waals surface area contributed by atoms with Gasteiger partial charge in [0, 0.05) is 45.3 Å². The van der Waals surface area contributed by atoms with Gasteiger partial charge >= 0.3 is 11.9 Å². The molecule has 9 nitrogen and oxygen atoms in total. The fourth-order valence-corrected chi connectivity index (χ4v) is 3.76. The number of aliphatic hydroxyl groups is 1. The normalized spacial score (nSPS) is 19.3. The summed E-state index contributed by atoms with van der Waals surface area (Å²) in [4.78, 5) is 32.5. The van der Waals surface area contributed by atoms with E-state index < -0.39 is 11.9 Å². The number of isothiocyanates is 1. The zero-order valence-corrected chi connectivity index (χ0v) is 17.6. The molecule has 0 bridgehead atoms. The van der Waals surface area contributed by atoms with E-state index in [2.05, 4.69) is 22.4 Å². The van der Waals surface area contributed by atoms with Crippen molar-refractivity contribution in [3.05, 3.63) is 29.8 Å². The maximum Gasteiger partial charge on any atom is 0.317 e. The summed E-state index contributed by atoms with van der Waals surface area (Å²) in [6.45, 7) is 2.92. The van der Waals surface area contributed by atoms with Crippen LogP contribution in [0.3, 0.4) is 0 Å².